The molecular formula is C20H21N3O3. The maximum absolute atomic E-state index is 12.2. The average molecular weight is 351 g/mol. The minimum absolute atomic E-state index is 0.249. The number of nitriles is 1. The monoisotopic (exact) mass is 351 g/mol. The molecule has 1 amide bonds. The molecule has 6 nitrogen and oxygen atoms in total. The van der Waals surface area contributed by atoms with Crippen LogP contribution < -0.4 is 4.90 Å². The number of carbonyl (C=O) groups is 2. The van der Waals surface area contributed by atoms with Crippen molar-refractivity contribution in [3.63, 3.8) is 0 Å². The van der Waals surface area contributed by atoms with Gasteiger partial charge in [-0.25, -0.2) is 4.79 Å². The molecule has 2 aromatic rings. The first-order valence-corrected chi connectivity index (χ1v) is 8.08. The van der Waals surface area contributed by atoms with Gasteiger partial charge < -0.3 is 14.5 Å². The highest BCUT2D eigenvalue weighted by Crippen LogP contribution is 2.13. The third-order valence-electron chi connectivity index (χ3n) is 3.85. The van der Waals surface area contributed by atoms with Crippen molar-refractivity contribution < 1.29 is 14.3 Å². The van der Waals surface area contributed by atoms with Crippen molar-refractivity contribution in [3.05, 3.63) is 65.2 Å². The molecule has 6 heteroatoms. The first-order valence-electron chi connectivity index (χ1n) is 8.08. The zero-order valence-corrected chi connectivity index (χ0v) is 15.1. The van der Waals surface area contributed by atoms with E-state index in [-0.39, 0.29) is 18.1 Å². The lowest BCUT2D eigenvalue weighted by Crippen LogP contribution is -2.30. The highest BCUT2D eigenvalue weighted by molar-refractivity contribution is 5.91. The van der Waals surface area contributed by atoms with Gasteiger partial charge in [0.1, 0.15) is 0 Å². The van der Waals surface area contributed by atoms with Gasteiger partial charge in [-0.15, -0.1) is 0 Å². The summed E-state index contributed by atoms with van der Waals surface area (Å²) < 4.78 is 5.05. The molecule has 0 unspecified atom stereocenters. The zero-order chi connectivity index (χ0) is 19.1. The van der Waals surface area contributed by atoms with Crippen molar-refractivity contribution in [2.24, 2.45) is 0 Å². The highest BCUT2D eigenvalue weighted by Gasteiger charge is 2.14. The van der Waals surface area contributed by atoms with E-state index >= 15 is 0 Å². The van der Waals surface area contributed by atoms with Crippen LogP contribution in [0.4, 0.5) is 5.69 Å². The van der Waals surface area contributed by atoms with E-state index in [0.29, 0.717) is 12.1 Å². The van der Waals surface area contributed by atoms with Crippen LogP contribution in [-0.2, 0) is 16.1 Å². The third kappa shape index (κ3) is 5.08. The quantitative estimate of drug-likeness (QED) is 0.748. The predicted molar refractivity (Wildman–Crippen MR) is 98.7 cm³/mol. The van der Waals surface area contributed by atoms with Crippen LogP contribution in [-0.4, -0.2) is 44.5 Å². The van der Waals surface area contributed by atoms with E-state index in [0.717, 1.165) is 11.3 Å². The second-order valence-corrected chi connectivity index (χ2v) is 6.08. The Kier molecular flexibility index (Phi) is 6.34. The molecule has 0 N–H and O–H groups in total. The number of rotatable bonds is 6. The lowest BCUT2D eigenvalue weighted by atomic mass is 10.1. The van der Waals surface area contributed by atoms with Crippen molar-refractivity contribution in [1.29, 1.82) is 5.26 Å². The molecule has 0 aliphatic rings. The number of anilines is 1. The van der Waals surface area contributed by atoms with Gasteiger partial charge in [-0.2, -0.15) is 5.26 Å². The molecule has 0 fully saturated rings. The summed E-state index contributed by atoms with van der Waals surface area (Å²) >= 11 is 0. The molecule has 26 heavy (non-hydrogen) atoms. The number of hydrogen-bond acceptors (Lipinski definition) is 5. The molecular weight excluding hydrogens is 330 g/mol. The molecule has 134 valence electrons. The number of likely N-dealkylation sites (N-methyl/N-ethyl adjacent to an activating group) is 1. The van der Waals surface area contributed by atoms with Gasteiger partial charge in [0.15, 0.2) is 6.61 Å². The van der Waals surface area contributed by atoms with E-state index < -0.39 is 5.97 Å². The van der Waals surface area contributed by atoms with E-state index in [1.54, 1.807) is 25.2 Å². The fraction of sp³-hybridized carbons (Fsp3) is 0.250. The Morgan fingerprint density at radius 2 is 1.77 bits per heavy atom. The van der Waals surface area contributed by atoms with Gasteiger partial charge in [-0.3, -0.25) is 4.79 Å². The number of carbonyl (C=O) groups excluding carboxylic acids is 2. The van der Waals surface area contributed by atoms with Crippen molar-refractivity contribution in [2.45, 2.75) is 6.54 Å². The van der Waals surface area contributed by atoms with E-state index in [1.807, 2.05) is 49.3 Å². The molecule has 0 bridgehead atoms. The summed E-state index contributed by atoms with van der Waals surface area (Å²) in [4.78, 5) is 27.7. The van der Waals surface area contributed by atoms with Gasteiger partial charge in [0, 0.05) is 33.4 Å². The van der Waals surface area contributed by atoms with Crippen LogP contribution in [0, 0.1) is 11.3 Å². The van der Waals surface area contributed by atoms with E-state index in [2.05, 4.69) is 0 Å². The smallest absolute Gasteiger partial charge is 0.338 e. The minimum atomic E-state index is -0.626. The lowest BCUT2D eigenvalue weighted by Gasteiger charge is -2.18. The Labute approximate surface area is 153 Å². The largest absolute Gasteiger partial charge is 0.452 e. The first kappa shape index (κ1) is 19.0. The molecule has 0 aliphatic carbocycles. The van der Waals surface area contributed by atoms with Crippen LogP contribution in [0.5, 0.6) is 0 Å². The van der Waals surface area contributed by atoms with E-state index in [9.17, 15) is 9.59 Å². The van der Waals surface area contributed by atoms with Gasteiger partial charge in [0.05, 0.1) is 17.2 Å². The van der Waals surface area contributed by atoms with Crippen molar-refractivity contribution >= 4 is 17.6 Å². The molecule has 0 heterocycles. The zero-order valence-electron chi connectivity index (χ0n) is 15.1. The summed E-state index contributed by atoms with van der Waals surface area (Å²) in [5.41, 5.74) is 2.68. The summed E-state index contributed by atoms with van der Waals surface area (Å²) in [6.07, 6.45) is 0. The Balaban J connectivity index is 1.88. The number of ether oxygens (including phenoxy) is 1. The van der Waals surface area contributed by atoms with Crippen LogP contribution >= 0.6 is 0 Å². The molecule has 2 rings (SSSR count). The van der Waals surface area contributed by atoms with Gasteiger partial charge in [-0.05, 0) is 35.9 Å². The summed E-state index contributed by atoms with van der Waals surface area (Å²) in [5, 5.41) is 8.86. The number of benzene rings is 2. The van der Waals surface area contributed by atoms with E-state index in [1.165, 1.54) is 11.0 Å². The number of nitrogens with zero attached hydrogens (tertiary/aromatic N) is 3. The van der Waals surface area contributed by atoms with Crippen molar-refractivity contribution in [1.82, 2.24) is 4.90 Å². The minimum Gasteiger partial charge on any atom is -0.452 e. The summed E-state index contributed by atoms with van der Waals surface area (Å²) in [6, 6.07) is 16.0. The van der Waals surface area contributed by atoms with Crippen LogP contribution in [0.1, 0.15) is 21.5 Å². The second-order valence-electron chi connectivity index (χ2n) is 6.08. The molecule has 0 saturated heterocycles. The number of hydrogen-bond donors (Lipinski definition) is 0. The standard InChI is InChI=1S/C20H21N3O3/c1-22(2)18-9-7-15(8-10-18)13-23(3)19(24)14-26-20(25)17-6-4-5-16(11-17)12-21/h4-11H,13-14H2,1-3H3. The van der Waals surface area contributed by atoms with Gasteiger partial charge in [0.25, 0.3) is 5.91 Å². The normalized spacial score (nSPS) is 9.92. The maximum Gasteiger partial charge on any atom is 0.338 e. The maximum atomic E-state index is 12.2. The Morgan fingerprint density at radius 3 is 2.38 bits per heavy atom. The molecule has 0 radical (unpaired) electrons. The van der Waals surface area contributed by atoms with Crippen molar-refractivity contribution in [2.75, 3.05) is 32.6 Å². The Bertz CT molecular complexity index is 823. The highest BCUT2D eigenvalue weighted by atomic mass is 16.5. The lowest BCUT2D eigenvalue weighted by molar-refractivity contribution is -0.133. The van der Waals surface area contributed by atoms with Gasteiger partial charge >= 0.3 is 5.97 Å². The van der Waals surface area contributed by atoms with Gasteiger partial charge in [0.2, 0.25) is 0 Å². The summed E-state index contributed by atoms with van der Waals surface area (Å²) in [6.45, 7) is 0.0793. The third-order valence-corrected chi connectivity index (χ3v) is 3.85. The average Bonchev–Trinajstić information content (AvgIpc) is 2.66. The number of esters is 1. The summed E-state index contributed by atoms with van der Waals surface area (Å²) in [7, 11) is 5.59. The molecule has 0 aromatic heterocycles. The van der Waals surface area contributed by atoms with Crippen LogP contribution in [0.2, 0.25) is 0 Å². The Hall–Kier alpha value is -3.33. The summed E-state index contributed by atoms with van der Waals surface area (Å²) in [5.74, 6) is -0.925. The van der Waals surface area contributed by atoms with Crippen molar-refractivity contribution in [3.8, 4) is 6.07 Å². The molecule has 0 spiro atoms. The second kappa shape index (κ2) is 8.67. The fourth-order valence-electron chi connectivity index (χ4n) is 2.30. The molecule has 2 aromatic carbocycles. The van der Waals surface area contributed by atoms with Crippen LogP contribution in [0.3, 0.4) is 0 Å². The van der Waals surface area contributed by atoms with Gasteiger partial charge in [-0.1, -0.05) is 18.2 Å². The molecule has 0 aliphatic heterocycles. The number of amides is 1. The molecule has 0 saturated carbocycles. The van der Waals surface area contributed by atoms with Crippen LogP contribution in [0.25, 0.3) is 0 Å². The molecule has 0 atom stereocenters. The topological polar surface area (TPSA) is 73.6 Å². The Morgan fingerprint density at radius 1 is 1.08 bits per heavy atom. The SMILES string of the molecule is CN(Cc1ccc(N(C)C)cc1)C(=O)COC(=O)c1cccc(C#N)c1. The fourth-order valence-corrected chi connectivity index (χ4v) is 2.30. The predicted octanol–water partition coefficient (Wildman–Crippen LogP) is 2.44. The first-order chi connectivity index (χ1) is 12.4. The van der Waals surface area contributed by atoms with Crippen LogP contribution in [0.15, 0.2) is 48.5 Å². The van der Waals surface area contributed by atoms with E-state index in [4.69, 9.17) is 10.00 Å².